The van der Waals surface area contributed by atoms with Crippen LogP contribution in [0.2, 0.25) is 5.02 Å². The first-order chi connectivity index (χ1) is 17.9. The monoisotopic (exact) mass is 519 g/mol. The molecule has 0 radical (unpaired) electrons. The lowest BCUT2D eigenvalue weighted by atomic mass is 9.78. The summed E-state index contributed by atoms with van der Waals surface area (Å²) in [4.78, 5) is 31.8. The molecule has 1 amide bonds. The number of nitrogens with two attached hydrogens (primary N) is 2. The fourth-order valence-corrected chi connectivity index (χ4v) is 5.19. The van der Waals surface area contributed by atoms with Crippen LogP contribution in [0.25, 0.3) is 17.2 Å². The Morgan fingerprint density at radius 3 is 2.78 bits per heavy atom. The van der Waals surface area contributed by atoms with Gasteiger partial charge < -0.3 is 20.2 Å². The largest absolute Gasteiger partial charge is 0.383 e. The van der Waals surface area contributed by atoms with E-state index in [0.29, 0.717) is 39.9 Å². The quantitative estimate of drug-likeness (QED) is 0.267. The third kappa shape index (κ3) is 3.86. The number of hydrazine groups is 1. The van der Waals surface area contributed by atoms with E-state index in [1.54, 1.807) is 43.6 Å². The molecule has 2 unspecified atom stereocenters. The number of halogens is 1. The molecule has 0 aliphatic carbocycles. The molecular formula is C25H26ClN9O2. The van der Waals surface area contributed by atoms with Crippen molar-refractivity contribution in [2.45, 2.75) is 37.7 Å². The summed E-state index contributed by atoms with van der Waals surface area (Å²) < 4.78 is 7.68. The van der Waals surface area contributed by atoms with Crippen molar-refractivity contribution in [1.82, 2.24) is 24.3 Å². The van der Waals surface area contributed by atoms with Crippen LogP contribution in [0, 0.1) is 0 Å². The highest BCUT2D eigenvalue weighted by atomic mass is 35.5. The Morgan fingerprint density at radius 1 is 1.22 bits per heavy atom. The number of rotatable bonds is 5. The second-order valence-electron chi connectivity index (χ2n) is 9.44. The zero-order valence-corrected chi connectivity index (χ0v) is 20.9. The van der Waals surface area contributed by atoms with Gasteiger partial charge in [-0.15, -0.1) is 0 Å². The van der Waals surface area contributed by atoms with Gasteiger partial charge in [-0.1, -0.05) is 23.7 Å². The molecule has 2 aliphatic heterocycles. The zero-order chi connectivity index (χ0) is 25.7. The normalized spacial score (nSPS) is 21.4. The van der Waals surface area contributed by atoms with Gasteiger partial charge in [0.05, 0.1) is 11.7 Å². The van der Waals surface area contributed by atoms with E-state index < -0.39 is 5.41 Å². The van der Waals surface area contributed by atoms with Crippen molar-refractivity contribution in [3.8, 4) is 11.5 Å². The molecule has 0 saturated carbocycles. The number of carbonyl (C=O) groups excluding carboxylic acids is 1. The van der Waals surface area contributed by atoms with Crippen LogP contribution in [0.3, 0.4) is 0 Å². The van der Waals surface area contributed by atoms with Gasteiger partial charge in [-0.3, -0.25) is 4.79 Å². The van der Waals surface area contributed by atoms with Crippen molar-refractivity contribution >= 4 is 40.6 Å². The molecule has 5 heterocycles. The molecular weight excluding hydrogens is 494 g/mol. The molecule has 4 aromatic rings. The molecule has 6 rings (SSSR count). The van der Waals surface area contributed by atoms with Gasteiger partial charge in [0.25, 0.3) is 5.91 Å². The van der Waals surface area contributed by atoms with Gasteiger partial charge in [-0.05, 0) is 43.9 Å². The lowest BCUT2D eigenvalue weighted by molar-refractivity contribution is -0.121. The summed E-state index contributed by atoms with van der Waals surface area (Å²) in [6.45, 7) is 3.13. The van der Waals surface area contributed by atoms with Gasteiger partial charge in [-0.25, -0.2) is 30.8 Å². The number of amides is 1. The van der Waals surface area contributed by atoms with Crippen LogP contribution >= 0.6 is 11.6 Å². The number of ether oxygens (including phenoxy) is 1. The maximum atomic E-state index is 13.4. The Balaban J connectivity index is 1.41. The van der Waals surface area contributed by atoms with E-state index in [2.05, 4.69) is 20.3 Å². The summed E-state index contributed by atoms with van der Waals surface area (Å²) in [6.07, 6.45) is 8.61. The van der Waals surface area contributed by atoms with E-state index in [4.69, 9.17) is 32.9 Å². The zero-order valence-electron chi connectivity index (χ0n) is 20.2. The van der Waals surface area contributed by atoms with Crippen LogP contribution in [0.1, 0.15) is 37.3 Å². The number of hydrogen-bond donors (Lipinski definition) is 3. The highest BCUT2D eigenvalue weighted by Crippen LogP contribution is 2.47. The van der Waals surface area contributed by atoms with Crippen LogP contribution in [-0.4, -0.2) is 49.5 Å². The number of anilines is 3. The average Bonchev–Trinajstić information content (AvgIpc) is 3.46. The fraction of sp³-hybridized carbons (Fsp3) is 0.320. The number of fused-ring (bicyclic) bond motifs is 2. The maximum Gasteiger partial charge on any atom is 0.257 e. The number of hydrogen-bond acceptors (Lipinski definition) is 9. The summed E-state index contributed by atoms with van der Waals surface area (Å²) >= 11 is 6.07. The van der Waals surface area contributed by atoms with Crippen molar-refractivity contribution in [3.05, 3.63) is 59.0 Å². The van der Waals surface area contributed by atoms with E-state index in [-0.39, 0.29) is 29.5 Å². The predicted molar refractivity (Wildman–Crippen MR) is 140 cm³/mol. The number of nitrogen functional groups attached to an aromatic ring is 1. The highest BCUT2D eigenvalue weighted by molar-refractivity contribution is 6.30. The summed E-state index contributed by atoms with van der Waals surface area (Å²) in [5.74, 6) is 7.07. The van der Waals surface area contributed by atoms with Gasteiger partial charge >= 0.3 is 0 Å². The highest BCUT2D eigenvalue weighted by Gasteiger charge is 2.51. The standard InChI is InChI=1S/C25H26ClN9O2/c1-25(14-5-7-15(26)8-6-14)18-19(27)32-20(33-22(18)35(28)24(25)36)17-13-34-10-9-29-23(34)21(31-17)30-12-16-4-2-3-11-37-16/h5-10,13,16H,2-4,11-12,28H2,1H3,(H,30,31)(H2,27,32,33). The first-order valence-electron chi connectivity index (χ1n) is 12.1. The molecule has 11 nitrogen and oxygen atoms in total. The Hall–Kier alpha value is -3.80. The lowest BCUT2D eigenvalue weighted by Gasteiger charge is -2.24. The minimum atomic E-state index is -1.16. The van der Waals surface area contributed by atoms with Gasteiger partial charge in [0.2, 0.25) is 0 Å². The number of benzene rings is 1. The molecule has 37 heavy (non-hydrogen) atoms. The number of carbonyl (C=O) groups is 1. The summed E-state index contributed by atoms with van der Waals surface area (Å²) in [6, 6.07) is 6.99. The minimum Gasteiger partial charge on any atom is -0.383 e. The Bertz CT molecular complexity index is 1500. The van der Waals surface area contributed by atoms with E-state index >= 15 is 0 Å². The van der Waals surface area contributed by atoms with E-state index in [9.17, 15) is 4.79 Å². The van der Waals surface area contributed by atoms with E-state index in [0.717, 1.165) is 30.9 Å². The van der Waals surface area contributed by atoms with Gasteiger partial charge in [-0.2, -0.15) is 0 Å². The number of nitrogens with one attached hydrogen (secondary N) is 1. The second-order valence-corrected chi connectivity index (χ2v) is 9.88. The maximum absolute atomic E-state index is 13.4. The second kappa shape index (κ2) is 8.94. The van der Waals surface area contributed by atoms with Crippen LogP contribution in [0.4, 0.5) is 17.5 Å². The number of imidazole rings is 1. The van der Waals surface area contributed by atoms with Gasteiger partial charge in [0.1, 0.15) is 16.9 Å². The molecule has 190 valence electrons. The summed E-state index contributed by atoms with van der Waals surface area (Å²) in [7, 11) is 0. The lowest BCUT2D eigenvalue weighted by Crippen LogP contribution is -2.43. The summed E-state index contributed by atoms with van der Waals surface area (Å²) in [5.41, 5.74) is 7.57. The van der Waals surface area contributed by atoms with Crippen LogP contribution in [0.5, 0.6) is 0 Å². The Morgan fingerprint density at radius 2 is 2.03 bits per heavy atom. The van der Waals surface area contributed by atoms with E-state index in [1.807, 2.05) is 10.6 Å². The molecule has 0 spiro atoms. The molecule has 2 atom stereocenters. The third-order valence-corrected chi connectivity index (χ3v) is 7.34. The molecule has 1 aromatic carbocycles. The van der Waals surface area contributed by atoms with Crippen LogP contribution < -0.4 is 21.9 Å². The molecule has 3 aromatic heterocycles. The Labute approximate surface area is 217 Å². The molecule has 12 heteroatoms. The minimum absolute atomic E-state index is 0.114. The molecule has 1 fully saturated rings. The van der Waals surface area contributed by atoms with Crippen molar-refractivity contribution in [2.24, 2.45) is 5.84 Å². The first-order valence-corrected chi connectivity index (χ1v) is 12.5. The van der Waals surface area contributed by atoms with Gasteiger partial charge in [0.15, 0.2) is 23.1 Å². The van der Waals surface area contributed by atoms with Crippen molar-refractivity contribution in [1.29, 1.82) is 0 Å². The van der Waals surface area contributed by atoms with E-state index in [1.165, 1.54) is 0 Å². The van der Waals surface area contributed by atoms with Crippen molar-refractivity contribution in [2.75, 3.05) is 29.2 Å². The van der Waals surface area contributed by atoms with Crippen molar-refractivity contribution in [3.63, 3.8) is 0 Å². The fourth-order valence-electron chi connectivity index (χ4n) is 5.07. The molecule has 0 bridgehead atoms. The molecule has 5 N–H and O–H groups in total. The number of nitrogens with zero attached hydrogens (tertiary/aromatic N) is 6. The molecule has 2 aliphatic rings. The van der Waals surface area contributed by atoms with Gasteiger partial charge in [0, 0.05) is 36.8 Å². The topological polar surface area (TPSA) is 150 Å². The Kier molecular flexibility index (Phi) is 5.70. The average molecular weight is 520 g/mol. The SMILES string of the molecule is CC1(c2ccc(Cl)cc2)C(=O)N(N)c2nc(-c3cn4ccnc4c(NCC4CCCCO4)n3)nc(N)c21. The number of aromatic nitrogens is 5. The first kappa shape index (κ1) is 23.6. The van der Waals surface area contributed by atoms with Crippen molar-refractivity contribution < 1.29 is 9.53 Å². The molecule has 1 saturated heterocycles. The van der Waals surface area contributed by atoms with Crippen LogP contribution in [-0.2, 0) is 14.9 Å². The third-order valence-electron chi connectivity index (χ3n) is 7.09. The predicted octanol–water partition coefficient (Wildman–Crippen LogP) is 2.93. The van der Waals surface area contributed by atoms with Crippen LogP contribution in [0.15, 0.2) is 42.9 Å². The summed E-state index contributed by atoms with van der Waals surface area (Å²) in [5, 5.41) is 4.96. The smallest absolute Gasteiger partial charge is 0.257 e.